The largest absolute Gasteiger partial charge is 0.508 e. The molecule has 0 aliphatic carbocycles. The number of methoxy groups -OCH3 is 1. The summed E-state index contributed by atoms with van der Waals surface area (Å²) in [6, 6.07) is 18.6. The Labute approximate surface area is 157 Å². The van der Waals surface area contributed by atoms with Crippen LogP contribution in [0.1, 0.15) is 11.3 Å². The van der Waals surface area contributed by atoms with E-state index in [9.17, 15) is 5.11 Å². The molecule has 3 rings (SSSR count). The number of furan rings is 1. The number of nitrogens with zero attached hydrogens (tertiary/aromatic N) is 1. The maximum Gasteiger partial charge on any atom is 0.174 e. The molecule has 0 saturated carbocycles. The van der Waals surface area contributed by atoms with Gasteiger partial charge in [-0.05, 0) is 54.7 Å². The van der Waals surface area contributed by atoms with Gasteiger partial charge in [-0.3, -0.25) is 0 Å². The molecule has 0 aliphatic rings. The van der Waals surface area contributed by atoms with Gasteiger partial charge in [0.05, 0.1) is 26.5 Å². The molecule has 0 radical (unpaired) electrons. The Morgan fingerprint density at radius 1 is 1.12 bits per heavy atom. The highest BCUT2D eigenvalue weighted by Crippen LogP contribution is 2.24. The van der Waals surface area contributed by atoms with E-state index in [0.717, 1.165) is 22.8 Å². The van der Waals surface area contributed by atoms with Crippen LogP contribution in [0.2, 0.25) is 0 Å². The highest BCUT2D eigenvalue weighted by molar-refractivity contribution is 7.80. The SMILES string of the molecule is COc1ccc(N(Cc2ccccc2O)C(=S)NCc2ccco2)cc1. The maximum atomic E-state index is 10.1. The third kappa shape index (κ3) is 4.34. The van der Waals surface area contributed by atoms with E-state index in [0.29, 0.717) is 18.2 Å². The zero-order chi connectivity index (χ0) is 18.4. The fourth-order valence-electron chi connectivity index (χ4n) is 2.53. The van der Waals surface area contributed by atoms with Crippen molar-refractivity contribution in [2.24, 2.45) is 0 Å². The zero-order valence-corrected chi connectivity index (χ0v) is 15.2. The molecule has 2 aromatic carbocycles. The minimum Gasteiger partial charge on any atom is -0.508 e. The molecule has 0 unspecified atom stereocenters. The topological polar surface area (TPSA) is 57.9 Å². The lowest BCUT2D eigenvalue weighted by Gasteiger charge is -2.26. The van der Waals surface area contributed by atoms with E-state index in [1.54, 1.807) is 25.5 Å². The van der Waals surface area contributed by atoms with Crippen LogP contribution in [0.25, 0.3) is 0 Å². The number of hydrogen-bond donors (Lipinski definition) is 2. The first-order chi connectivity index (χ1) is 12.7. The van der Waals surface area contributed by atoms with Crippen LogP contribution in [-0.2, 0) is 13.1 Å². The minimum atomic E-state index is 0.236. The molecule has 2 N–H and O–H groups in total. The number of benzene rings is 2. The summed E-state index contributed by atoms with van der Waals surface area (Å²) in [6.07, 6.45) is 1.63. The molecule has 0 atom stereocenters. The van der Waals surface area contributed by atoms with Crippen molar-refractivity contribution in [1.29, 1.82) is 0 Å². The van der Waals surface area contributed by atoms with Crippen molar-refractivity contribution in [3.8, 4) is 11.5 Å². The second kappa shape index (κ2) is 8.40. The van der Waals surface area contributed by atoms with Crippen LogP contribution in [0, 0.1) is 0 Å². The molecule has 1 aromatic heterocycles. The molecule has 0 aliphatic heterocycles. The molecule has 26 heavy (non-hydrogen) atoms. The van der Waals surface area contributed by atoms with E-state index in [1.165, 1.54) is 0 Å². The number of thiocarbonyl (C=S) groups is 1. The predicted octanol–water partition coefficient (Wildman–Crippen LogP) is 4.08. The second-order valence-electron chi connectivity index (χ2n) is 5.65. The zero-order valence-electron chi connectivity index (χ0n) is 14.4. The Morgan fingerprint density at radius 3 is 2.54 bits per heavy atom. The van der Waals surface area contributed by atoms with Gasteiger partial charge in [-0.1, -0.05) is 18.2 Å². The second-order valence-corrected chi connectivity index (χ2v) is 6.04. The highest BCUT2D eigenvalue weighted by atomic mass is 32.1. The fourth-order valence-corrected chi connectivity index (χ4v) is 2.77. The van der Waals surface area contributed by atoms with Gasteiger partial charge in [0.15, 0.2) is 5.11 Å². The van der Waals surface area contributed by atoms with Crippen molar-refractivity contribution in [2.75, 3.05) is 12.0 Å². The molecule has 0 spiro atoms. The van der Waals surface area contributed by atoms with E-state index < -0.39 is 0 Å². The first-order valence-corrected chi connectivity index (χ1v) is 8.57. The van der Waals surface area contributed by atoms with Gasteiger partial charge in [-0.25, -0.2) is 0 Å². The monoisotopic (exact) mass is 368 g/mol. The normalized spacial score (nSPS) is 10.3. The summed E-state index contributed by atoms with van der Waals surface area (Å²) in [4.78, 5) is 1.92. The molecule has 1 heterocycles. The summed E-state index contributed by atoms with van der Waals surface area (Å²) in [7, 11) is 1.63. The molecule has 6 heteroatoms. The Morgan fingerprint density at radius 2 is 1.88 bits per heavy atom. The van der Waals surface area contributed by atoms with Crippen molar-refractivity contribution < 1.29 is 14.3 Å². The van der Waals surface area contributed by atoms with Crippen LogP contribution in [0.3, 0.4) is 0 Å². The molecule has 3 aromatic rings. The Hall–Kier alpha value is -2.99. The number of anilines is 1. The standard InChI is InChI=1S/C20H20N2O3S/c1-24-17-10-8-16(9-11-17)22(14-15-5-2-3-7-19(15)23)20(26)21-13-18-6-4-12-25-18/h2-12,23H,13-14H2,1H3,(H,21,26). The summed E-state index contributed by atoms with van der Waals surface area (Å²) in [5.41, 5.74) is 1.68. The lowest BCUT2D eigenvalue weighted by atomic mass is 10.1. The molecule has 5 nitrogen and oxygen atoms in total. The number of phenols is 1. The van der Waals surface area contributed by atoms with E-state index in [4.69, 9.17) is 21.4 Å². The first-order valence-electron chi connectivity index (χ1n) is 8.16. The Balaban J connectivity index is 1.82. The van der Waals surface area contributed by atoms with Gasteiger partial charge in [0.1, 0.15) is 17.3 Å². The average molecular weight is 368 g/mol. The smallest absolute Gasteiger partial charge is 0.174 e. The van der Waals surface area contributed by atoms with Crippen LogP contribution in [0.15, 0.2) is 71.3 Å². The number of nitrogens with one attached hydrogen (secondary N) is 1. The fraction of sp³-hybridized carbons (Fsp3) is 0.150. The molecular weight excluding hydrogens is 348 g/mol. The van der Waals surface area contributed by atoms with Crippen molar-refractivity contribution >= 4 is 23.0 Å². The summed E-state index contributed by atoms with van der Waals surface area (Å²) >= 11 is 5.59. The number of rotatable bonds is 6. The summed E-state index contributed by atoms with van der Waals surface area (Å²) in [6.45, 7) is 0.919. The van der Waals surface area contributed by atoms with Gasteiger partial charge in [0.25, 0.3) is 0 Å². The number of aromatic hydroxyl groups is 1. The van der Waals surface area contributed by atoms with E-state index in [-0.39, 0.29) is 5.75 Å². The third-order valence-electron chi connectivity index (χ3n) is 3.94. The predicted molar refractivity (Wildman–Crippen MR) is 105 cm³/mol. The van der Waals surface area contributed by atoms with Crippen LogP contribution in [0.4, 0.5) is 5.69 Å². The number of hydrogen-bond acceptors (Lipinski definition) is 4. The van der Waals surface area contributed by atoms with E-state index in [1.807, 2.05) is 53.4 Å². The van der Waals surface area contributed by atoms with Crippen molar-refractivity contribution in [3.05, 3.63) is 78.3 Å². The number of ether oxygens (including phenoxy) is 1. The van der Waals surface area contributed by atoms with Gasteiger partial charge in [0.2, 0.25) is 0 Å². The summed E-state index contributed by atoms with van der Waals surface area (Å²) in [5.74, 6) is 1.80. The van der Waals surface area contributed by atoms with Gasteiger partial charge in [0, 0.05) is 11.3 Å². The number of phenolic OH excluding ortho intramolecular Hbond substituents is 1. The third-order valence-corrected chi connectivity index (χ3v) is 4.31. The highest BCUT2D eigenvalue weighted by Gasteiger charge is 2.15. The van der Waals surface area contributed by atoms with Gasteiger partial charge < -0.3 is 24.5 Å². The molecular formula is C20H20N2O3S. The average Bonchev–Trinajstić information content (AvgIpc) is 3.19. The van der Waals surface area contributed by atoms with Crippen LogP contribution in [0.5, 0.6) is 11.5 Å². The molecule has 0 saturated heterocycles. The lowest BCUT2D eigenvalue weighted by molar-refractivity contribution is 0.415. The Kier molecular flexibility index (Phi) is 5.76. The van der Waals surface area contributed by atoms with Gasteiger partial charge in [-0.15, -0.1) is 0 Å². The molecule has 0 fully saturated rings. The van der Waals surface area contributed by atoms with Gasteiger partial charge in [-0.2, -0.15) is 0 Å². The molecule has 0 amide bonds. The maximum absolute atomic E-state index is 10.1. The van der Waals surface area contributed by atoms with E-state index >= 15 is 0 Å². The lowest BCUT2D eigenvalue weighted by Crippen LogP contribution is -2.39. The minimum absolute atomic E-state index is 0.236. The molecule has 134 valence electrons. The van der Waals surface area contributed by atoms with Crippen molar-refractivity contribution in [1.82, 2.24) is 5.32 Å². The van der Waals surface area contributed by atoms with Crippen molar-refractivity contribution in [3.63, 3.8) is 0 Å². The van der Waals surface area contributed by atoms with Crippen LogP contribution >= 0.6 is 12.2 Å². The first kappa shape index (κ1) is 17.8. The Bertz CT molecular complexity index is 848. The van der Waals surface area contributed by atoms with E-state index in [2.05, 4.69) is 5.32 Å². The number of para-hydroxylation sites is 1. The van der Waals surface area contributed by atoms with Gasteiger partial charge >= 0.3 is 0 Å². The van der Waals surface area contributed by atoms with Crippen molar-refractivity contribution in [2.45, 2.75) is 13.1 Å². The summed E-state index contributed by atoms with van der Waals surface area (Å²) < 4.78 is 10.6. The summed E-state index contributed by atoms with van der Waals surface area (Å²) in [5, 5.41) is 13.9. The molecule has 0 bridgehead atoms. The van der Waals surface area contributed by atoms with Crippen LogP contribution < -0.4 is 15.0 Å². The quantitative estimate of drug-likeness (QED) is 0.640. The van der Waals surface area contributed by atoms with Crippen LogP contribution in [-0.4, -0.2) is 17.3 Å².